The Morgan fingerprint density at radius 2 is 1.85 bits per heavy atom. The van der Waals surface area contributed by atoms with Crippen molar-refractivity contribution in [2.24, 2.45) is 0 Å². The van der Waals surface area contributed by atoms with Crippen LogP contribution in [0.15, 0.2) is 64.1 Å². The SMILES string of the molecule is O=C1c2c(O)c(=O)ccn2N([C@@H]2c3ccccc3-c3occ4c3-c3c2ccc(F)c3C(F)(F)C4)[C@@H]2COCCN12. The minimum atomic E-state index is -3.50. The van der Waals surface area contributed by atoms with E-state index in [1.54, 1.807) is 17.1 Å². The lowest BCUT2D eigenvalue weighted by Gasteiger charge is -2.51. The number of benzene rings is 2. The summed E-state index contributed by atoms with van der Waals surface area (Å²) in [7, 11) is 0. The van der Waals surface area contributed by atoms with E-state index in [4.69, 9.17) is 9.15 Å². The summed E-state index contributed by atoms with van der Waals surface area (Å²) >= 11 is 0. The van der Waals surface area contributed by atoms with Crippen molar-refractivity contribution in [2.45, 2.75) is 24.6 Å². The number of hydrogen-bond donors (Lipinski definition) is 1. The molecule has 202 valence electrons. The van der Waals surface area contributed by atoms with Gasteiger partial charge < -0.3 is 19.2 Å². The van der Waals surface area contributed by atoms with Crippen molar-refractivity contribution in [1.82, 2.24) is 9.58 Å². The number of pyridine rings is 1. The molecule has 0 spiro atoms. The van der Waals surface area contributed by atoms with E-state index in [0.717, 1.165) is 12.1 Å². The fourth-order valence-electron chi connectivity index (χ4n) is 6.70. The van der Waals surface area contributed by atoms with Gasteiger partial charge in [-0.1, -0.05) is 30.3 Å². The second-order valence-electron chi connectivity index (χ2n) is 10.4. The van der Waals surface area contributed by atoms with E-state index in [1.165, 1.54) is 28.1 Å². The van der Waals surface area contributed by atoms with Crippen molar-refractivity contribution in [2.75, 3.05) is 24.8 Å². The van der Waals surface area contributed by atoms with Gasteiger partial charge in [0.25, 0.3) is 11.8 Å². The van der Waals surface area contributed by atoms with Crippen LogP contribution in [0, 0.1) is 5.82 Å². The second-order valence-corrected chi connectivity index (χ2v) is 10.4. The average Bonchev–Trinajstić information content (AvgIpc) is 3.30. The number of nitrogens with zero attached hydrogens (tertiary/aromatic N) is 3. The van der Waals surface area contributed by atoms with Gasteiger partial charge in [0, 0.05) is 47.5 Å². The lowest BCUT2D eigenvalue weighted by atomic mass is 9.80. The highest BCUT2D eigenvalue weighted by Crippen LogP contribution is 2.57. The van der Waals surface area contributed by atoms with Crippen molar-refractivity contribution < 1.29 is 32.2 Å². The topological polar surface area (TPSA) is 88.2 Å². The van der Waals surface area contributed by atoms with Gasteiger partial charge in [-0.2, -0.15) is 0 Å². The second kappa shape index (κ2) is 7.79. The number of amides is 1. The molecule has 2 aliphatic heterocycles. The summed E-state index contributed by atoms with van der Waals surface area (Å²) in [6.07, 6.45) is 1.25. The third kappa shape index (κ3) is 2.84. The Balaban J connectivity index is 1.51. The monoisotopic (exact) mass is 547 g/mol. The molecule has 4 aromatic rings. The van der Waals surface area contributed by atoms with Crippen LogP contribution in [0.3, 0.4) is 0 Å². The third-order valence-electron chi connectivity index (χ3n) is 8.32. The molecule has 2 aliphatic carbocycles. The molecule has 0 saturated carbocycles. The average molecular weight is 547 g/mol. The minimum absolute atomic E-state index is 0.0446. The number of aromatic hydroxyl groups is 1. The number of furan rings is 1. The van der Waals surface area contributed by atoms with Crippen LogP contribution in [0.1, 0.15) is 38.8 Å². The molecule has 0 radical (unpaired) electrons. The summed E-state index contributed by atoms with van der Waals surface area (Å²) < 4.78 is 59.6. The molecule has 4 heterocycles. The Morgan fingerprint density at radius 1 is 1.02 bits per heavy atom. The molecule has 8 nitrogen and oxygen atoms in total. The summed E-state index contributed by atoms with van der Waals surface area (Å²) in [5, 5.41) is 12.5. The van der Waals surface area contributed by atoms with Crippen LogP contribution in [-0.4, -0.2) is 46.5 Å². The first-order chi connectivity index (χ1) is 19.3. The standard InChI is InChI=1S/C29H20F3N3O5/c30-18-6-5-17-22-21-14(11-29(31,32)23(18)22)12-40-27(21)16-4-2-1-3-15(16)24(17)35-20-13-39-10-9-33(20)28(38)25-26(37)19(36)7-8-34(25)35/h1-8,12,20,24,37H,9-11,13H2/t20-,24-/m1/s1. The zero-order valence-electron chi connectivity index (χ0n) is 20.7. The number of carbonyl (C=O) groups is 1. The van der Waals surface area contributed by atoms with E-state index in [-0.39, 0.29) is 36.6 Å². The summed E-state index contributed by atoms with van der Waals surface area (Å²) in [5.41, 5.74) is 0.693. The highest BCUT2D eigenvalue weighted by atomic mass is 19.3. The maximum atomic E-state index is 15.6. The first-order valence-electron chi connectivity index (χ1n) is 12.8. The molecule has 40 heavy (non-hydrogen) atoms. The molecule has 1 N–H and O–H groups in total. The molecule has 2 aromatic carbocycles. The molecule has 1 fully saturated rings. The van der Waals surface area contributed by atoms with Gasteiger partial charge in [-0.25, -0.2) is 13.2 Å². The minimum Gasteiger partial charge on any atom is -0.502 e. The van der Waals surface area contributed by atoms with E-state index in [9.17, 15) is 14.7 Å². The summed E-state index contributed by atoms with van der Waals surface area (Å²) in [5.74, 6) is -5.44. The predicted molar refractivity (Wildman–Crippen MR) is 135 cm³/mol. The molecule has 11 heteroatoms. The number of morpholine rings is 1. The van der Waals surface area contributed by atoms with Crippen molar-refractivity contribution >= 4 is 5.91 Å². The van der Waals surface area contributed by atoms with Gasteiger partial charge in [0.05, 0.1) is 31.1 Å². The van der Waals surface area contributed by atoms with E-state index in [0.29, 0.717) is 28.0 Å². The number of halogens is 3. The van der Waals surface area contributed by atoms with Crippen LogP contribution in [0.25, 0.3) is 22.5 Å². The lowest BCUT2D eigenvalue weighted by molar-refractivity contribution is -0.0197. The Bertz CT molecular complexity index is 1830. The van der Waals surface area contributed by atoms with Gasteiger partial charge in [0.15, 0.2) is 11.4 Å². The van der Waals surface area contributed by atoms with Gasteiger partial charge in [0.1, 0.15) is 17.7 Å². The number of carbonyl (C=O) groups excluding carboxylic acids is 1. The third-order valence-corrected chi connectivity index (χ3v) is 8.32. The Labute approximate surface area is 224 Å². The van der Waals surface area contributed by atoms with Gasteiger partial charge in [-0.15, -0.1) is 0 Å². The number of rotatable bonds is 1. The van der Waals surface area contributed by atoms with Crippen molar-refractivity contribution in [3.8, 4) is 28.2 Å². The largest absolute Gasteiger partial charge is 0.502 e. The molecule has 1 amide bonds. The van der Waals surface area contributed by atoms with Gasteiger partial charge >= 0.3 is 0 Å². The molecule has 0 unspecified atom stereocenters. The quantitative estimate of drug-likeness (QED) is 0.386. The molecule has 1 saturated heterocycles. The van der Waals surface area contributed by atoms with Crippen LogP contribution in [0.5, 0.6) is 5.75 Å². The normalized spacial score (nSPS) is 21.7. The molecule has 2 atom stereocenters. The summed E-state index contributed by atoms with van der Waals surface area (Å²) in [6.45, 7) is 0.498. The molecule has 4 aliphatic rings. The van der Waals surface area contributed by atoms with Crippen LogP contribution < -0.4 is 10.4 Å². The lowest BCUT2D eigenvalue weighted by Crippen LogP contribution is -2.66. The van der Waals surface area contributed by atoms with E-state index in [1.807, 2.05) is 12.1 Å². The van der Waals surface area contributed by atoms with Crippen LogP contribution >= 0.6 is 0 Å². The summed E-state index contributed by atoms with van der Waals surface area (Å²) in [4.78, 5) is 27.5. The zero-order chi connectivity index (χ0) is 27.5. The highest BCUT2D eigenvalue weighted by Gasteiger charge is 2.51. The van der Waals surface area contributed by atoms with E-state index >= 15 is 13.2 Å². The number of alkyl halides is 2. The van der Waals surface area contributed by atoms with Crippen LogP contribution in [-0.2, 0) is 17.1 Å². The number of aromatic nitrogens is 1. The highest BCUT2D eigenvalue weighted by molar-refractivity contribution is 5.97. The Kier molecular flexibility index (Phi) is 4.55. The number of hydrogen-bond acceptors (Lipinski definition) is 6. The Morgan fingerprint density at radius 3 is 2.70 bits per heavy atom. The first-order valence-corrected chi connectivity index (χ1v) is 12.8. The molecule has 2 aromatic heterocycles. The predicted octanol–water partition coefficient (Wildman–Crippen LogP) is 4.12. The van der Waals surface area contributed by atoms with E-state index < -0.39 is 53.0 Å². The fraction of sp³-hybridized carbons (Fsp3) is 0.241. The van der Waals surface area contributed by atoms with Gasteiger partial charge in [-0.05, 0) is 17.2 Å². The maximum Gasteiger partial charge on any atom is 0.280 e. The first kappa shape index (κ1) is 23.4. The maximum absolute atomic E-state index is 15.6. The van der Waals surface area contributed by atoms with Gasteiger partial charge in [-0.3, -0.25) is 19.3 Å². The number of fused-ring (bicyclic) bond motifs is 4. The molecule has 8 rings (SSSR count). The number of ether oxygens (including phenoxy) is 1. The van der Waals surface area contributed by atoms with Crippen LogP contribution in [0.4, 0.5) is 13.2 Å². The zero-order valence-corrected chi connectivity index (χ0v) is 20.7. The van der Waals surface area contributed by atoms with Crippen molar-refractivity contribution in [3.05, 3.63) is 98.9 Å². The van der Waals surface area contributed by atoms with Gasteiger partial charge in [0.2, 0.25) is 5.43 Å². The van der Waals surface area contributed by atoms with Crippen molar-refractivity contribution in [1.29, 1.82) is 0 Å². The smallest absolute Gasteiger partial charge is 0.280 e. The van der Waals surface area contributed by atoms with Crippen LogP contribution in [0.2, 0.25) is 0 Å². The molecule has 0 bridgehead atoms. The molecular formula is C29H20F3N3O5. The Hall–Kier alpha value is -4.51. The molecular weight excluding hydrogens is 527 g/mol. The fourth-order valence-corrected chi connectivity index (χ4v) is 6.70. The van der Waals surface area contributed by atoms with E-state index in [2.05, 4.69) is 0 Å². The van der Waals surface area contributed by atoms with Crippen molar-refractivity contribution in [3.63, 3.8) is 0 Å². The summed E-state index contributed by atoms with van der Waals surface area (Å²) in [6, 6.07) is 10.0.